The van der Waals surface area contributed by atoms with Crippen molar-refractivity contribution in [3.05, 3.63) is 24.2 Å². The fraction of sp³-hybridized carbons (Fsp3) is 0.600. The van der Waals surface area contributed by atoms with Crippen LogP contribution in [0.2, 0.25) is 0 Å². The molecule has 0 saturated heterocycles. The van der Waals surface area contributed by atoms with E-state index in [1.165, 1.54) is 6.26 Å². The summed E-state index contributed by atoms with van der Waals surface area (Å²) in [6.07, 6.45) is 5.21. The van der Waals surface area contributed by atoms with E-state index in [-0.39, 0.29) is 6.54 Å². The smallest absolute Gasteiger partial charge is 0.329 e. The second-order valence-corrected chi connectivity index (χ2v) is 5.63. The molecule has 0 bridgehead atoms. The van der Waals surface area contributed by atoms with Crippen molar-refractivity contribution < 1.29 is 19.1 Å². The Hall–Kier alpha value is -1.98. The van der Waals surface area contributed by atoms with Crippen LogP contribution < -0.4 is 10.6 Å². The lowest BCUT2D eigenvalue weighted by Crippen LogP contribution is -2.58. The van der Waals surface area contributed by atoms with Gasteiger partial charge in [0, 0.05) is 0 Å². The number of urea groups is 1. The van der Waals surface area contributed by atoms with E-state index in [1.807, 2.05) is 0 Å². The van der Waals surface area contributed by atoms with Gasteiger partial charge in [-0.3, -0.25) is 0 Å². The van der Waals surface area contributed by atoms with Crippen molar-refractivity contribution in [2.45, 2.75) is 51.1 Å². The Labute approximate surface area is 123 Å². The lowest BCUT2D eigenvalue weighted by molar-refractivity contribution is -0.146. The molecule has 0 aromatic carbocycles. The Morgan fingerprint density at radius 3 is 2.67 bits per heavy atom. The van der Waals surface area contributed by atoms with Crippen LogP contribution in [0.5, 0.6) is 0 Å². The van der Waals surface area contributed by atoms with Crippen LogP contribution in [0.3, 0.4) is 0 Å². The van der Waals surface area contributed by atoms with Crippen molar-refractivity contribution in [3.63, 3.8) is 0 Å². The zero-order valence-electron chi connectivity index (χ0n) is 12.2. The first-order valence-electron chi connectivity index (χ1n) is 7.37. The summed E-state index contributed by atoms with van der Waals surface area (Å²) in [5.41, 5.74) is -1.14. The summed E-state index contributed by atoms with van der Waals surface area (Å²) in [6.45, 7) is 2.36. The number of carboxylic acids is 1. The molecular weight excluding hydrogens is 272 g/mol. The maximum atomic E-state index is 11.9. The topological polar surface area (TPSA) is 91.6 Å². The van der Waals surface area contributed by atoms with Gasteiger partial charge in [0.05, 0.1) is 12.8 Å². The fourth-order valence-electron chi connectivity index (χ4n) is 2.81. The molecule has 2 amide bonds. The molecule has 0 spiro atoms. The lowest BCUT2D eigenvalue weighted by atomic mass is 9.75. The van der Waals surface area contributed by atoms with E-state index in [2.05, 4.69) is 17.6 Å². The Bertz CT molecular complexity index is 476. The minimum absolute atomic E-state index is 0.242. The van der Waals surface area contributed by atoms with Gasteiger partial charge in [-0.1, -0.05) is 13.3 Å². The molecule has 0 unspecified atom stereocenters. The molecule has 1 aromatic heterocycles. The van der Waals surface area contributed by atoms with Crippen molar-refractivity contribution in [3.8, 4) is 0 Å². The zero-order chi connectivity index (χ0) is 15.3. The quantitative estimate of drug-likeness (QED) is 0.778. The number of carboxylic acid groups (broad SMARTS) is 1. The largest absolute Gasteiger partial charge is 0.480 e. The molecule has 1 aliphatic rings. The van der Waals surface area contributed by atoms with Crippen molar-refractivity contribution in [1.82, 2.24) is 10.6 Å². The summed E-state index contributed by atoms with van der Waals surface area (Å²) in [5, 5.41) is 14.8. The third-order valence-electron chi connectivity index (χ3n) is 4.30. The van der Waals surface area contributed by atoms with Crippen LogP contribution in [0.15, 0.2) is 22.8 Å². The fourth-order valence-corrected chi connectivity index (χ4v) is 2.81. The number of rotatable bonds is 5. The SMILES string of the molecule is CCC1CCC(NC(=O)NCc2ccco2)(C(=O)O)CC1. The summed E-state index contributed by atoms with van der Waals surface area (Å²) < 4.78 is 5.12. The molecule has 1 saturated carbocycles. The highest BCUT2D eigenvalue weighted by atomic mass is 16.4. The third kappa shape index (κ3) is 3.77. The molecule has 6 nitrogen and oxygen atoms in total. The average molecular weight is 294 g/mol. The molecule has 3 N–H and O–H groups in total. The van der Waals surface area contributed by atoms with Crippen LogP contribution in [0.1, 0.15) is 44.8 Å². The van der Waals surface area contributed by atoms with Crippen molar-refractivity contribution >= 4 is 12.0 Å². The summed E-state index contributed by atoms with van der Waals surface area (Å²) in [6, 6.07) is 3.02. The van der Waals surface area contributed by atoms with E-state index in [0.717, 1.165) is 19.3 Å². The predicted octanol–water partition coefficient (Wildman–Crippen LogP) is 2.50. The van der Waals surface area contributed by atoms with Gasteiger partial charge in [-0.2, -0.15) is 0 Å². The number of amides is 2. The maximum absolute atomic E-state index is 11.9. The van der Waals surface area contributed by atoms with E-state index in [4.69, 9.17) is 4.42 Å². The van der Waals surface area contributed by atoms with Gasteiger partial charge < -0.3 is 20.2 Å². The van der Waals surface area contributed by atoms with Crippen LogP contribution >= 0.6 is 0 Å². The zero-order valence-corrected chi connectivity index (χ0v) is 12.2. The van der Waals surface area contributed by atoms with Gasteiger partial charge in [0.25, 0.3) is 0 Å². The first kappa shape index (κ1) is 15.4. The van der Waals surface area contributed by atoms with Crippen molar-refractivity contribution in [2.24, 2.45) is 5.92 Å². The van der Waals surface area contributed by atoms with Gasteiger partial charge in [0.1, 0.15) is 11.3 Å². The molecule has 0 aliphatic heterocycles. The average Bonchev–Trinajstić information content (AvgIpc) is 2.99. The van der Waals surface area contributed by atoms with Crippen molar-refractivity contribution in [1.29, 1.82) is 0 Å². The highest BCUT2D eigenvalue weighted by molar-refractivity contribution is 5.86. The molecule has 1 aliphatic carbocycles. The van der Waals surface area contributed by atoms with E-state index >= 15 is 0 Å². The minimum atomic E-state index is -1.14. The second kappa shape index (κ2) is 6.65. The molecule has 2 rings (SSSR count). The number of aliphatic carboxylic acids is 1. The molecule has 0 radical (unpaired) electrons. The highest BCUT2D eigenvalue weighted by Crippen LogP contribution is 2.33. The van der Waals surface area contributed by atoms with Gasteiger partial charge in [0.15, 0.2) is 0 Å². The van der Waals surface area contributed by atoms with Crippen LogP contribution in [0.25, 0.3) is 0 Å². The number of hydrogen-bond acceptors (Lipinski definition) is 3. The summed E-state index contributed by atoms with van der Waals surface area (Å²) in [4.78, 5) is 23.5. The van der Waals surface area contributed by atoms with E-state index in [0.29, 0.717) is 24.5 Å². The molecule has 116 valence electrons. The first-order chi connectivity index (χ1) is 10.1. The second-order valence-electron chi connectivity index (χ2n) is 5.63. The summed E-state index contributed by atoms with van der Waals surface area (Å²) in [7, 11) is 0. The van der Waals surface area contributed by atoms with Gasteiger partial charge in [0.2, 0.25) is 0 Å². The Kier molecular flexibility index (Phi) is 4.88. The van der Waals surface area contributed by atoms with E-state index in [9.17, 15) is 14.7 Å². The van der Waals surface area contributed by atoms with Crippen LogP contribution in [0.4, 0.5) is 4.79 Å². The van der Waals surface area contributed by atoms with E-state index < -0.39 is 17.5 Å². The molecular formula is C15H22N2O4. The van der Waals surface area contributed by atoms with Crippen molar-refractivity contribution in [2.75, 3.05) is 0 Å². The van der Waals surface area contributed by atoms with Gasteiger partial charge in [-0.05, 0) is 43.7 Å². The maximum Gasteiger partial charge on any atom is 0.329 e. The third-order valence-corrected chi connectivity index (χ3v) is 4.30. The number of carbonyl (C=O) groups excluding carboxylic acids is 1. The molecule has 1 heterocycles. The molecule has 6 heteroatoms. The number of nitrogens with one attached hydrogen (secondary N) is 2. The summed E-state index contributed by atoms with van der Waals surface area (Å²) in [5.74, 6) is 0.236. The van der Waals surface area contributed by atoms with Gasteiger partial charge in [-0.15, -0.1) is 0 Å². The van der Waals surface area contributed by atoms with Gasteiger partial charge >= 0.3 is 12.0 Å². The Balaban J connectivity index is 1.90. The number of carbonyl (C=O) groups is 2. The monoisotopic (exact) mass is 294 g/mol. The first-order valence-corrected chi connectivity index (χ1v) is 7.37. The highest BCUT2D eigenvalue weighted by Gasteiger charge is 2.42. The standard InChI is InChI=1S/C15H22N2O4/c1-2-11-5-7-15(8-6-11,13(18)19)17-14(20)16-10-12-4-3-9-21-12/h3-4,9,11H,2,5-8,10H2,1H3,(H,18,19)(H2,16,17,20). The Morgan fingerprint density at radius 2 is 2.14 bits per heavy atom. The van der Waals surface area contributed by atoms with Crippen LogP contribution in [0, 0.1) is 5.92 Å². The molecule has 1 aromatic rings. The summed E-state index contributed by atoms with van der Waals surface area (Å²) >= 11 is 0. The molecule has 21 heavy (non-hydrogen) atoms. The molecule has 0 atom stereocenters. The van der Waals surface area contributed by atoms with Crippen LogP contribution in [-0.4, -0.2) is 22.6 Å². The number of hydrogen-bond donors (Lipinski definition) is 3. The minimum Gasteiger partial charge on any atom is -0.480 e. The molecule has 1 fully saturated rings. The Morgan fingerprint density at radius 1 is 1.43 bits per heavy atom. The van der Waals surface area contributed by atoms with Gasteiger partial charge in [-0.25, -0.2) is 9.59 Å². The van der Waals surface area contributed by atoms with Crippen LogP contribution in [-0.2, 0) is 11.3 Å². The number of furan rings is 1. The lowest BCUT2D eigenvalue weighted by Gasteiger charge is -2.37. The van der Waals surface area contributed by atoms with E-state index in [1.54, 1.807) is 12.1 Å². The normalized spacial score (nSPS) is 25.3. The predicted molar refractivity (Wildman–Crippen MR) is 76.7 cm³/mol.